The standard InChI is InChI=1S/C17H12N3O4S.C15H13O2.C5H5N.Ni/c21-20(22)16-10-3-4-11-17(16)25(23,24)19-15-9-2-1-7-13(15)14-8-5-6-12-18-14;16-15(14-9-5-2-6-10-14)17-12-11-13-7-3-1-4-8-13;1-2-4-6-5-3-1;/h1-12H;2-10H,11-12H2;1-5H;/q2*-1;;+2. The average Bonchev–Trinajstić information content (AvgIpc) is 3.14. The molecule has 0 saturated carbocycles. The summed E-state index contributed by atoms with van der Waals surface area (Å²) in [6, 6.07) is 42.3. The Labute approximate surface area is 295 Å². The van der Waals surface area contributed by atoms with Crippen LogP contribution in [0.2, 0.25) is 0 Å². The summed E-state index contributed by atoms with van der Waals surface area (Å²) in [6.07, 6.45) is 5.82. The molecule has 0 aliphatic carbocycles. The van der Waals surface area contributed by atoms with Crippen molar-refractivity contribution in [3.63, 3.8) is 0 Å². The van der Waals surface area contributed by atoms with Gasteiger partial charge in [-0.3, -0.25) is 20.1 Å². The van der Waals surface area contributed by atoms with Crippen LogP contribution in [0.15, 0.2) is 163 Å². The van der Waals surface area contributed by atoms with E-state index in [-0.39, 0.29) is 28.1 Å². The minimum absolute atomic E-state index is 0. The molecule has 0 saturated heterocycles. The number of hydrogen-bond donors (Lipinski definition) is 0. The van der Waals surface area contributed by atoms with Gasteiger partial charge in [0.1, 0.15) is 14.9 Å². The molecule has 0 aliphatic heterocycles. The minimum atomic E-state index is -4.26. The van der Waals surface area contributed by atoms with Crippen molar-refractivity contribution in [2.45, 2.75) is 11.3 Å². The van der Waals surface area contributed by atoms with Gasteiger partial charge in [0.05, 0.1) is 22.8 Å². The molecule has 6 rings (SSSR count). The monoisotopic (exact) mass is 716 g/mol. The van der Waals surface area contributed by atoms with Crippen molar-refractivity contribution in [2.75, 3.05) is 6.61 Å². The van der Waals surface area contributed by atoms with Crippen molar-refractivity contribution in [1.82, 2.24) is 9.97 Å². The van der Waals surface area contributed by atoms with Gasteiger partial charge in [-0.05, 0) is 54.4 Å². The number of aromatic nitrogens is 2. The molecular weight excluding hydrogens is 687 g/mol. The maximum Gasteiger partial charge on any atom is 2.00 e. The van der Waals surface area contributed by atoms with Crippen molar-refractivity contribution in [2.24, 2.45) is 0 Å². The van der Waals surface area contributed by atoms with Crippen molar-refractivity contribution >= 4 is 27.4 Å². The summed E-state index contributed by atoms with van der Waals surface area (Å²) in [4.78, 5) is 29.5. The normalized spacial score (nSPS) is 10.0. The Morgan fingerprint density at radius 1 is 0.776 bits per heavy atom. The van der Waals surface area contributed by atoms with Gasteiger partial charge in [0.2, 0.25) is 0 Å². The molecule has 0 radical (unpaired) electrons. The molecule has 0 amide bonds. The summed E-state index contributed by atoms with van der Waals surface area (Å²) in [5.41, 5.74) is 2.46. The summed E-state index contributed by atoms with van der Waals surface area (Å²) in [5, 5.41) is 11.1. The van der Waals surface area contributed by atoms with E-state index in [4.69, 9.17) is 4.74 Å². The molecular formula is C37H30N4NiO6S. The van der Waals surface area contributed by atoms with E-state index in [1.807, 2.05) is 60.7 Å². The summed E-state index contributed by atoms with van der Waals surface area (Å²) in [5.74, 6) is -0.270. The molecule has 6 aromatic rings. The molecule has 12 heteroatoms. The number of benzene rings is 4. The maximum atomic E-state index is 12.6. The van der Waals surface area contributed by atoms with Crippen LogP contribution in [-0.4, -0.2) is 35.9 Å². The number of para-hydroxylation sites is 1. The van der Waals surface area contributed by atoms with E-state index in [1.54, 1.807) is 67.1 Å². The molecule has 10 nitrogen and oxygen atoms in total. The molecule has 2 aromatic heterocycles. The number of esters is 1. The Bertz CT molecular complexity index is 1960. The van der Waals surface area contributed by atoms with Crippen molar-refractivity contribution in [3.8, 4) is 11.3 Å². The van der Waals surface area contributed by atoms with Gasteiger partial charge in [-0.1, -0.05) is 66.7 Å². The minimum Gasteiger partial charge on any atom is -0.572 e. The molecule has 250 valence electrons. The number of nitrogens with zero attached hydrogens (tertiary/aromatic N) is 4. The van der Waals surface area contributed by atoms with Gasteiger partial charge in [0.25, 0.3) is 5.69 Å². The molecule has 0 bridgehead atoms. The van der Waals surface area contributed by atoms with E-state index in [0.717, 1.165) is 18.1 Å². The van der Waals surface area contributed by atoms with Crippen LogP contribution < -0.4 is 0 Å². The number of sulfonamides is 1. The number of hydrogen-bond acceptors (Lipinski definition) is 8. The van der Waals surface area contributed by atoms with Crippen LogP contribution in [-0.2, 0) is 37.7 Å². The first-order valence-electron chi connectivity index (χ1n) is 14.6. The fourth-order valence-corrected chi connectivity index (χ4v) is 5.29. The average molecular weight is 717 g/mol. The number of rotatable bonds is 9. The number of nitro groups is 1. The van der Waals surface area contributed by atoms with Crippen LogP contribution in [0.4, 0.5) is 11.4 Å². The van der Waals surface area contributed by atoms with Gasteiger partial charge in [-0.2, -0.15) is 35.9 Å². The summed E-state index contributed by atoms with van der Waals surface area (Å²) in [7, 11) is -4.26. The molecule has 0 fully saturated rings. The van der Waals surface area contributed by atoms with Gasteiger partial charge in [-0.25, -0.2) is 13.2 Å². The molecule has 0 N–H and O–H groups in total. The zero-order valence-electron chi connectivity index (χ0n) is 25.9. The van der Waals surface area contributed by atoms with Gasteiger partial charge >= 0.3 is 22.5 Å². The van der Waals surface area contributed by atoms with E-state index in [9.17, 15) is 23.3 Å². The fourth-order valence-electron chi connectivity index (χ4n) is 4.12. The van der Waals surface area contributed by atoms with Crippen molar-refractivity contribution < 1.29 is 39.4 Å². The quantitative estimate of drug-likeness (QED) is 0.0481. The van der Waals surface area contributed by atoms with Crippen LogP contribution in [0.3, 0.4) is 0 Å². The number of carbonyl (C=O) groups excluding carboxylic acids is 1. The van der Waals surface area contributed by atoms with Crippen LogP contribution in [0.1, 0.15) is 15.9 Å². The molecule has 0 unspecified atom stereocenters. The molecule has 49 heavy (non-hydrogen) atoms. The predicted molar refractivity (Wildman–Crippen MR) is 183 cm³/mol. The van der Waals surface area contributed by atoms with Gasteiger partial charge < -0.3 is 9.46 Å². The number of carbonyl (C=O) groups is 1. The van der Waals surface area contributed by atoms with Gasteiger partial charge in [-0.15, -0.1) is 5.69 Å². The SMILES string of the molecule is O=C(OCCc1cc[c-]cc1)c1ccccc1.O=[N+]([O-])c1ccccc1S(=O)(=O)[N-]c1ccccc1-c1ccccn1.[Ni+2].c1ccncc1. The van der Waals surface area contributed by atoms with Crippen LogP contribution in [0, 0.1) is 16.2 Å². The summed E-state index contributed by atoms with van der Waals surface area (Å²) < 4.78 is 34.2. The zero-order chi connectivity index (χ0) is 34.0. The van der Waals surface area contributed by atoms with E-state index in [0.29, 0.717) is 23.4 Å². The number of ether oxygens (including phenoxy) is 1. The van der Waals surface area contributed by atoms with Crippen molar-refractivity contribution in [3.05, 3.63) is 190 Å². The Morgan fingerprint density at radius 3 is 2.02 bits per heavy atom. The third-order valence-corrected chi connectivity index (χ3v) is 7.73. The summed E-state index contributed by atoms with van der Waals surface area (Å²) in [6.45, 7) is 0.401. The van der Waals surface area contributed by atoms with Crippen LogP contribution in [0.25, 0.3) is 16.0 Å². The second-order valence-electron chi connectivity index (χ2n) is 9.71. The predicted octanol–water partition coefficient (Wildman–Crippen LogP) is 8.02. The van der Waals surface area contributed by atoms with Gasteiger partial charge in [0, 0.05) is 24.7 Å². The smallest absolute Gasteiger partial charge is 0.572 e. The topological polar surface area (TPSA) is 143 Å². The van der Waals surface area contributed by atoms with Crippen LogP contribution in [0.5, 0.6) is 0 Å². The molecule has 2 heterocycles. The zero-order valence-corrected chi connectivity index (χ0v) is 27.7. The molecule has 4 aromatic carbocycles. The second-order valence-corrected chi connectivity index (χ2v) is 11.3. The Morgan fingerprint density at radius 2 is 1.39 bits per heavy atom. The van der Waals surface area contributed by atoms with Crippen LogP contribution >= 0.6 is 0 Å². The van der Waals surface area contributed by atoms with Crippen molar-refractivity contribution in [1.29, 1.82) is 0 Å². The maximum absolute atomic E-state index is 12.6. The Hall–Kier alpha value is -5.71. The molecule has 0 spiro atoms. The molecule has 0 atom stereocenters. The fraction of sp³-hybridized carbons (Fsp3) is 0.0541. The summed E-state index contributed by atoms with van der Waals surface area (Å²) >= 11 is 0. The molecule has 0 aliphatic rings. The van der Waals surface area contributed by atoms with Gasteiger partial charge in [0.15, 0.2) is 0 Å². The second kappa shape index (κ2) is 19.8. The first-order chi connectivity index (χ1) is 23.3. The Balaban J connectivity index is 0.000000233. The van der Waals surface area contributed by atoms with E-state index >= 15 is 0 Å². The number of pyridine rings is 2. The van der Waals surface area contributed by atoms with E-state index < -0.39 is 25.5 Å². The Kier molecular flexibility index (Phi) is 15.3. The largest absolute Gasteiger partial charge is 2.00 e. The third kappa shape index (κ3) is 12.1. The first kappa shape index (κ1) is 37.7. The van der Waals surface area contributed by atoms with E-state index in [2.05, 4.69) is 20.8 Å². The first-order valence-corrected chi connectivity index (χ1v) is 16.0. The third-order valence-electron chi connectivity index (χ3n) is 6.39. The number of nitro benzene ring substituents is 1. The van der Waals surface area contributed by atoms with E-state index in [1.165, 1.54) is 24.3 Å².